The van der Waals surface area contributed by atoms with Gasteiger partial charge < -0.3 is 10.4 Å². The number of rotatable bonds is 3. The molecule has 2 nitrogen and oxygen atoms in total. The maximum Gasteiger partial charge on any atom is 0.0604 e. The van der Waals surface area contributed by atoms with Gasteiger partial charge in [0, 0.05) is 17.6 Å². The smallest absolute Gasteiger partial charge is 0.0604 e. The standard InChI is InChI=1S/C16H15NO/c18-9-8-17-16-7-3-6-14-10-12-4-1-2-5-13(12)11-15(14)16/h1-7,10-11,17-18H,8-9H2. The van der Waals surface area contributed by atoms with Gasteiger partial charge in [0.2, 0.25) is 0 Å². The summed E-state index contributed by atoms with van der Waals surface area (Å²) in [6.07, 6.45) is 0. The first kappa shape index (κ1) is 11.1. The van der Waals surface area contributed by atoms with Gasteiger partial charge in [0.05, 0.1) is 6.61 Å². The maximum absolute atomic E-state index is 8.91. The molecule has 0 amide bonds. The van der Waals surface area contributed by atoms with Gasteiger partial charge in [-0.1, -0.05) is 36.4 Å². The lowest BCUT2D eigenvalue weighted by Crippen LogP contribution is -2.05. The summed E-state index contributed by atoms with van der Waals surface area (Å²) >= 11 is 0. The highest BCUT2D eigenvalue weighted by Gasteiger charge is 2.02. The van der Waals surface area contributed by atoms with Gasteiger partial charge in [-0.15, -0.1) is 0 Å². The van der Waals surface area contributed by atoms with E-state index in [9.17, 15) is 0 Å². The van der Waals surface area contributed by atoms with Crippen LogP contribution in [0.4, 0.5) is 5.69 Å². The first-order valence-corrected chi connectivity index (χ1v) is 6.15. The SMILES string of the molecule is OCCNc1cccc2cc3ccccc3cc12. The van der Waals surface area contributed by atoms with Crippen molar-refractivity contribution in [2.45, 2.75) is 0 Å². The van der Waals surface area contributed by atoms with E-state index in [0.29, 0.717) is 6.54 Å². The molecule has 0 saturated carbocycles. The summed E-state index contributed by atoms with van der Waals surface area (Å²) in [6, 6.07) is 19.0. The van der Waals surface area contributed by atoms with E-state index in [4.69, 9.17) is 5.11 Å². The van der Waals surface area contributed by atoms with Crippen LogP contribution < -0.4 is 5.32 Å². The zero-order valence-electron chi connectivity index (χ0n) is 10.1. The Labute approximate surface area is 106 Å². The van der Waals surface area contributed by atoms with E-state index in [1.165, 1.54) is 21.5 Å². The number of fused-ring (bicyclic) bond motifs is 2. The molecule has 18 heavy (non-hydrogen) atoms. The van der Waals surface area contributed by atoms with Crippen LogP contribution in [0.1, 0.15) is 0 Å². The molecule has 0 unspecified atom stereocenters. The molecule has 3 aromatic carbocycles. The molecule has 3 rings (SSSR count). The van der Waals surface area contributed by atoms with Crippen LogP contribution in [-0.4, -0.2) is 18.3 Å². The normalized spacial score (nSPS) is 10.9. The summed E-state index contributed by atoms with van der Waals surface area (Å²) in [4.78, 5) is 0. The van der Waals surface area contributed by atoms with Crippen molar-refractivity contribution in [1.82, 2.24) is 0 Å². The average Bonchev–Trinajstić information content (AvgIpc) is 2.43. The fourth-order valence-corrected chi connectivity index (χ4v) is 2.31. The summed E-state index contributed by atoms with van der Waals surface area (Å²) in [5, 5.41) is 17.1. The molecule has 0 aliphatic rings. The van der Waals surface area contributed by atoms with Crippen LogP contribution >= 0.6 is 0 Å². The van der Waals surface area contributed by atoms with E-state index < -0.39 is 0 Å². The number of hydrogen-bond acceptors (Lipinski definition) is 2. The molecule has 0 heterocycles. The lowest BCUT2D eigenvalue weighted by Gasteiger charge is -2.09. The van der Waals surface area contributed by atoms with Crippen LogP contribution in [0.15, 0.2) is 54.6 Å². The quantitative estimate of drug-likeness (QED) is 0.684. The zero-order valence-corrected chi connectivity index (χ0v) is 10.1. The van der Waals surface area contributed by atoms with Crippen molar-refractivity contribution in [3.05, 3.63) is 54.6 Å². The summed E-state index contributed by atoms with van der Waals surface area (Å²) in [5.41, 5.74) is 1.08. The number of anilines is 1. The Morgan fingerprint density at radius 1 is 0.833 bits per heavy atom. The third-order valence-electron chi connectivity index (χ3n) is 3.17. The summed E-state index contributed by atoms with van der Waals surface area (Å²) < 4.78 is 0. The molecule has 2 heteroatoms. The maximum atomic E-state index is 8.91. The Morgan fingerprint density at radius 2 is 1.56 bits per heavy atom. The molecule has 0 radical (unpaired) electrons. The Balaban J connectivity index is 2.22. The van der Waals surface area contributed by atoms with E-state index >= 15 is 0 Å². The van der Waals surface area contributed by atoms with E-state index in [0.717, 1.165) is 5.69 Å². The molecule has 0 saturated heterocycles. The fraction of sp³-hybridized carbons (Fsp3) is 0.125. The van der Waals surface area contributed by atoms with Gasteiger partial charge in [-0.3, -0.25) is 0 Å². The van der Waals surface area contributed by atoms with Gasteiger partial charge >= 0.3 is 0 Å². The van der Waals surface area contributed by atoms with Crippen LogP contribution in [0, 0.1) is 0 Å². The molecule has 2 N–H and O–H groups in total. The zero-order chi connectivity index (χ0) is 12.4. The fourth-order valence-electron chi connectivity index (χ4n) is 2.31. The van der Waals surface area contributed by atoms with Crippen LogP contribution in [0.2, 0.25) is 0 Å². The molecule has 0 aromatic heterocycles. The predicted molar refractivity (Wildman–Crippen MR) is 77.0 cm³/mol. The van der Waals surface area contributed by atoms with Gasteiger partial charge in [-0.05, 0) is 34.4 Å². The van der Waals surface area contributed by atoms with Gasteiger partial charge in [0.1, 0.15) is 0 Å². The van der Waals surface area contributed by atoms with Crippen molar-refractivity contribution in [2.75, 3.05) is 18.5 Å². The molecule has 3 aromatic rings. The highest BCUT2D eigenvalue weighted by Crippen LogP contribution is 2.28. The van der Waals surface area contributed by atoms with E-state index in [-0.39, 0.29) is 6.61 Å². The van der Waals surface area contributed by atoms with Gasteiger partial charge in [0.15, 0.2) is 0 Å². The number of hydrogen-bond donors (Lipinski definition) is 2. The van der Waals surface area contributed by atoms with E-state index in [1.54, 1.807) is 0 Å². The van der Waals surface area contributed by atoms with Crippen LogP contribution in [-0.2, 0) is 0 Å². The largest absolute Gasteiger partial charge is 0.395 e. The van der Waals surface area contributed by atoms with Crippen molar-refractivity contribution in [2.24, 2.45) is 0 Å². The lowest BCUT2D eigenvalue weighted by atomic mass is 10.0. The van der Waals surface area contributed by atoms with Crippen molar-refractivity contribution in [1.29, 1.82) is 0 Å². The van der Waals surface area contributed by atoms with Crippen molar-refractivity contribution in [3.63, 3.8) is 0 Å². The molecule has 0 aliphatic heterocycles. The third-order valence-corrected chi connectivity index (χ3v) is 3.17. The predicted octanol–water partition coefficient (Wildman–Crippen LogP) is 3.40. The minimum Gasteiger partial charge on any atom is -0.395 e. The second-order valence-corrected chi connectivity index (χ2v) is 4.38. The van der Waals surface area contributed by atoms with Crippen molar-refractivity contribution >= 4 is 27.2 Å². The first-order valence-electron chi connectivity index (χ1n) is 6.15. The van der Waals surface area contributed by atoms with Gasteiger partial charge in [-0.2, -0.15) is 0 Å². The highest BCUT2D eigenvalue weighted by molar-refractivity contribution is 6.03. The summed E-state index contributed by atoms with van der Waals surface area (Å²) in [6.45, 7) is 0.718. The second-order valence-electron chi connectivity index (χ2n) is 4.38. The van der Waals surface area contributed by atoms with Gasteiger partial charge in [-0.25, -0.2) is 0 Å². The number of benzene rings is 3. The molecule has 0 atom stereocenters. The van der Waals surface area contributed by atoms with Crippen LogP contribution in [0.5, 0.6) is 0 Å². The minimum absolute atomic E-state index is 0.143. The van der Waals surface area contributed by atoms with Gasteiger partial charge in [0.25, 0.3) is 0 Å². The van der Waals surface area contributed by atoms with E-state index in [2.05, 4.69) is 47.8 Å². The number of aliphatic hydroxyl groups is 1. The Hall–Kier alpha value is -2.06. The van der Waals surface area contributed by atoms with Crippen LogP contribution in [0.3, 0.4) is 0 Å². The highest BCUT2D eigenvalue weighted by atomic mass is 16.3. The number of aliphatic hydroxyl groups excluding tert-OH is 1. The average molecular weight is 237 g/mol. The topological polar surface area (TPSA) is 32.3 Å². The molecule has 90 valence electrons. The Morgan fingerprint density at radius 3 is 2.33 bits per heavy atom. The monoisotopic (exact) mass is 237 g/mol. The summed E-state index contributed by atoms with van der Waals surface area (Å²) in [7, 11) is 0. The lowest BCUT2D eigenvalue weighted by molar-refractivity contribution is 0.311. The van der Waals surface area contributed by atoms with Crippen molar-refractivity contribution < 1.29 is 5.11 Å². The molecule has 0 spiro atoms. The van der Waals surface area contributed by atoms with Crippen molar-refractivity contribution in [3.8, 4) is 0 Å². The van der Waals surface area contributed by atoms with E-state index in [1.807, 2.05) is 12.1 Å². The van der Waals surface area contributed by atoms with Crippen LogP contribution in [0.25, 0.3) is 21.5 Å². The molecule has 0 aliphatic carbocycles. The molecular formula is C16H15NO. The Kier molecular flexibility index (Phi) is 2.87. The summed E-state index contributed by atoms with van der Waals surface area (Å²) in [5.74, 6) is 0. The first-order chi connectivity index (χ1) is 8.88. The molecule has 0 fully saturated rings. The number of nitrogens with one attached hydrogen (secondary N) is 1. The Bertz CT molecular complexity index is 691. The minimum atomic E-state index is 0.143. The second kappa shape index (κ2) is 4.67. The molecule has 0 bridgehead atoms. The third kappa shape index (κ3) is 1.91. The molecular weight excluding hydrogens is 222 g/mol.